The van der Waals surface area contributed by atoms with Gasteiger partial charge in [-0.15, -0.1) is 11.3 Å². The number of hydrogen-bond donors (Lipinski definition) is 0. The molecule has 1 saturated heterocycles. The van der Waals surface area contributed by atoms with Gasteiger partial charge in [0.2, 0.25) is 5.91 Å². The number of nitrogens with zero attached hydrogens (tertiary/aromatic N) is 3. The quantitative estimate of drug-likeness (QED) is 0.557. The lowest BCUT2D eigenvalue weighted by atomic mass is 10.1. The Morgan fingerprint density at radius 2 is 1.81 bits per heavy atom. The summed E-state index contributed by atoms with van der Waals surface area (Å²) in [5, 5.41) is 3.13. The molecule has 1 aliphatic carbocycles. The summed E-state index contributed by atoms with van der Waals surface area (Å²) in [5.74, 6) is 1.15. The minimum Gasteiger partial charge on any atom is -0.497 e. The van der Waals surface area contributed by atoms with Gasteiger partial charge in [0, 0.05) is 49.6 Å². The van der Waals surface area contributed by atoms with Crippen LogP contribution in [0.4, 0.5) is 4.39 Å². The second kappa shape index (κ2) is 9.00. The molecule has 2 aromatic carbocycles. The Kier molecular flexibility index (Phi) is 5.93. The Balaban J connectivity index is 1.12. The van der Waals surface area contributed by atoms with Gasteiger partial charge in [0.05, 0.1) is 12.8 Å². The number of aromatic nitrogens is 1. The molecular formula is C25H26FN3O2S. The molecule has 2 atom stereocenters. The SMILES string of the molecule is COc1ccc(-c2nc(CN3CCN(C(=O)C4CC4c4ccc(F)cc4)CC3)cs2)cc1. The summed E-state index contributed by atoms with van der Waals surface area (Å²) in [6, 6.07) is 14.5. The van der Waals surface area contributed by atoms with Crippen molar-refractivity contribution in [1.82, 2.24) is 14.8 Å². The molecule has 0 bridgehead atoms. The van der Waals surface area contributed by atoms with Crippen molar-refractivity contribution in [2.45, 2.75) is 18.9 Å². The molecule has 0 radical (unpaired) electrons. The Morgan fingerprint density at radius 3 is 2.50 bits per heavy atom. The van der Waals surface area contributed by atoms with Gasteiger partial charge in [-0.1, -0.05) is 12.1 Å². The average molecular weight is 452 g/mol. The van der Waals surface area contributed by atoms with Crippen LogP contribution < -0.4 is 4.74 Å². The summed E-state index contributed by atoms with van der Waals surface area (Å²) in [5.41, 5.74) is 3.23. The van der Waals surface area contributed by atoms with E-state index in [-0.39, 0.29) is 23.6 Å². The van der Waals surface area contributed by atoms with E-state index in [9.17, 15) is 9.18 Å². The molecule has 1 amide bonds. The van der Waals surface area contributed by atoms with Crippen molar-refractivity contribution in [2.75, 3.05) is 33.3 Å². The van der Waals surface area contributed by atoms with Crippen LogP contribution in [-0.4, -0.2) is 54.0 Å². The molecular weight excluding hydrogens is 425 g/mol. The lowest BCUT2D eigenvalue weighted by Gasteiger charge is -2.34. The molecule has 1 aromatic heterocycles. The third kappa shape index (κ3) is 4.54. The number of methoxy groups -OCH3 is 1. The van der Waals surface area contributed by atoms with E-state index in [1.165, 1.54) is 12.1 Å². The summed E-state index contributed by atoms with van der Waals surface area (Å²) in [7, 11) is 1.67. The number of ether oxygens (including phenoxy) is 1. The monoisotopic (exact) mass is 451 g/mol. The predicted molar refractivity (Wildman–Crippen MR) is 123 cm³/mol. The Hall–Kier alpha value is -2.77. The van der Waals surface area contributed by atoms with Crippen LogP contribution in [0.5, 0.6) is 5.75 Å². The van der Waals surface area contributed by atoms with Crippen LogP contribution in [-0.2, 0) is 11.3 Å². The number of halogens is 1. The van der Waals surface area contributed by atoms with Gasteiger partial charge in [-0.2, -0.15) is 0 Å². The van der Waals surface area contributed by atoms with Gasteiger partial charge in [-0.25, -0.2) is 9.37 Å². The van der Waals surface area contributed by atoms with Crippen LogP contribution >= 0.6 is 11.3 Å². The third-order valence-electron chi connectivity index (χ3n) is 6.36. The largest absolute Gasteiger partial charge is 0.497 e. The maximum atomic E-state index is 13.1. The zero-order chi connectivity index (χ0) is 22.1. The molecule has 0 N–H and O–H groups in total. The fourth-order valence-corrected chi connectivity index (χ4v) is 5.20. The minimum atomic E-state index is -0.232. The van der Waals surface area contributed by atoms with Gasteiger partial charge in [-0.3, -0.25) is 9.69 Å². The summed E-state index contributed by atoms with van der Waals surface area (Å²) in [6.07, 6.45) is 0.873. The number of rotatable bonds is 6. The molecule has 1 aliphatic heterocycles. The summed E-state index contributed by atoms with van der Waals surface area (Å²) in [4.78, 5) is 22.1. The molecule has 2 aliphatic rings. The highest BCUT2D eigenvalue weighted by Crippen LogP contribution is 2.48. The van der Waals surface area contributed by atoms with Crippen molar-refractivity contribution < 1.29 is 13.9 Å². The van der Waals surface area contributed by atoms with Gasteiger partial charge < -0.3 is 9.64 Å². The molecule has 5 rings (SSSR count). The fourth-order valence-electron chi connectivity index (χ4n) is 4.38. The van der Waals surface area contributed by atoms with E-state index in [1.807, 2.05) is 29.2 Å². The van der Waals surface area contributed by atoms with E-state index in [4.69, 9.17) is 9.72 Å². The van der Waals surface area contributed by atoms with Crippen LogP contribution in [0.25, 0.3) is 10.6 Å². The normalized spacial score (nSPS) is 20.9. The van der Waals surface area contributed by atoms with Crippen molar-refractivity contribution in [3.05, 3.63) is 71.0 Å². The molecule has 2 unspecified atom stereocenters. The van der Waals surface area contributed by atoms with Gasteiger partial charge in [-0.05, 0) is 54.3 Å². The van der Waals surface area contributed by atoms with E-state index in [0.717, 1.165) is 66.7 Å². The molecule has 3 aromatic rings. The highest BCUT2D eigenvalue weighted by Gasteiger charge is 2.46. The first-order valence-corrected chi connectivity index (χ1v) is 11.8. The molecule has 0 spiro atoms. The van der Waals surface area contributed by atoms with Crippen molar-refractivity contribution in [1.29, 1.82) is 0 Å². The number of amides is 1. The first-order valence-electron chi connectivity index (χ1n) is 11.0. The molecule has 5 nitrogen and oxygen atoms in total. The lowest BCUT2D eigenvalue weighted by molar-refractivity contribution is -0.134. The molecule has 2 heterocycles. The van der Waals surface area contributed by atoms with Gasteiger partial charge >= 0.3 is 0 Å². The van der Waals surface area contributed by atoms with Crippen LogP contribution in [0.15, 0.2) is 53.9 Å². The lowest BCUT2D eigenvalue weighted by Crippen LogP contribution is -2.48. The van der Waals surface area contributed by atoms with E-state index < -0.39 is 0 Å². The van der Waals surface area contributed by atoms with Crippen LogP contribution in [0, 0.1) is 11.7 Å². The smallest absolute Gasteiger partial charge is 0.226 e. The van der Waals surface area contributed by atoms with Crippen molar-refractivity contribution in [3.63, 3.8) is 0 Å². The zero-order valence-electron chi connectivity index (χ0n) is 18.0. The second-order valence-electron chi connectivity index (χ2n) is 8.47. The van der Waals surface area contributed by atoms with E-state index in [1.54, 1.807) is 30.6 Å². The molecule has 2 fully saturated rings. The van der Waals surface area contributed by atoms with E-state index in [0.29, 0.717) is 0 Å². The van der Waals surface area contributed by atoms with Crippen molar-refractivity contribution >= 4 is 17.2 Å². The average Bonchev–Trinajstić information content (AvgIpc) is 3.50. The highest BCUT2D eigenvalue weighted by molar-refractivity contribution is 7.13. The minimum absolute atomic E-state index is 0.0533. The number of thiazole rings is 1. The van der Waals surface area contributed by atoms with Crippen LogP contribution in [0.3, 0.4) is 0 Å². The Morgan fingerprint density at radius 1 is 1.09 bits per heavy atom. The number of carbonyl (C=O) groups excluding carboxylic acids is 1. The van der Waals surface area contributed by atoms with Gasteiger partial charge in [0.25, 0.3) is 0 Å². The molecule has 166 valence electrons. The van der Waals surface area contributed by atoms with Crippen LogP contribution in [0.2, 0.25) is 0 Å². The number of hydrogen-bond acceptors (Lipinski definition) is 5. The Labute approximate surface area is 191 Å². The second-order valence-corrected chi connectivity index (χ2v) is 9.33. The van der Waals surface area contributed by atoms with Crippen molar-refractivity contribution in [2.24, 2.45) is 5.92 Å². The Bertz CT molecular complexity index is 1080. The molecule has 1 saturated carbocycles. The maximum Gasteiger partial charge on any atom is 0.226 e. The number of carbonyl (C=O) groups is 1. The first-order chi connectivity index (χ1) is 15.6. The molecule has 32 heavy (non-hydrogen) atoms. The van der Waals surface area contributed by atoms with Crippen LogP contribution in [0.1, 0.15) is 23.6 Å². The molecule has 7 heteroatoms. The predicted octanol–water partition coefficient (Wildman–Crippen LogP) is 4.41. The maximum absolute atomic E-state index is 13.1. The number of piperazine rings is 1. The van der Waals surface area contributed by atoms with E-state index in [2.05, 4.69) is 10.3 Å². The summed E-state index contributed by atoms with van der Waals surface area (Å²) in [6.45, 7) is 4.02. The highest BCUT2D eigenvalue weighted by atomic mass is 32.1. The standard InChI is InChI=1S/C25H26FN3O2S/c1-31-21-8-4-18(5-9-21)24-27-20(16-32-24)15-28-10-12-29(13-11-28)25(30)23-14-22(23)17-2-6-19(26)7-3-17/h2-9,16,22-23H,10-15H2,1H3. The van der Waals surface area contributed by atoms with Gasteiger partial charge in [0.1, 0.15) is 16.6 Å². The zero-order valence-corrected chi connectivity index (χ0v) is 18.9. The topological polar surface area (TPSA) is 45.7 Å². The summed E-state index contributed by atoms with van der Waals surface area (Å²) < 4.78 is 18.4. The number of benzene rings is 2. The van der Waals surface area contributed by atoms with E-state index >= 15 is 0 Å². The summed E-state index contributed by atoms with van der Waals surface area (Å²) >= 11 is 1.65. The fraction of sp³-hybridized carbons (Fsp3) is 0.360. The van der Waals surface area contributed by atoms with Crippen molar-refractivity contribution in [3.8, 4) is 16.3 Å². The first kappa shape index (κ1) is 21.1. The van der Waals surface area contributed by atoms with Gasteiger partial charge in [0.15, 0.2) is 0 Å². The third-order valence-corrected chi connectivity index (χ3v) is 7.30.